The van der Waals surface area contributed by atoms with E-state index in [9.17, 15) is 28.8 Å². The van der Waals surface area contributed by atoms with Crippen LogP contribution >= 0.6 is 23.2 Å². The SMILES string of the molecule is C=CCCC(NC(=O)C1C2C(CN1C(=O)[C@@H](NC(=O)OC(C)(C)C)C1CCCCC1)C2(Cl)Cl)C(=O)C(=O)NCCC(=O)OC(C)(C)C. The lowest BCUT2D eigenvalue weighted by Crippen LogP contribution is -2.60. The molecule has 12 nitrogen and oxygen atoms in total. The summed E-state index contributed by atoms with van der Waals surface area (Å²) in [6.45, 7) is 13.9. The van der Waals surface area contributed by atoms with Crippen LogP contribution in [0.15, 0.2) is 12.7 Å². The lowest BCUT2D eigenvalue weighted by atomic mass is 9.83. The first-order valence-corrected chi connectivity index (χ1v) is 17.2. The third kappa shape index (κ3) is 10.6. The van der Waals surface area contributed by atoms with Gasteiger partial charge >= 0.3 is 12.1 Å². The zero-order valence-electron chi connectivity index (χ0n) is 28.3. The van der Waals surface area contributed by atoms with Crippen molar-refractivity contribution in [1.29, 1.82) is 0 Å². The van der Waals surface area contributed by atoms with Gasteiger partial charge in [0.2, 0.25) is 17.6 Å². The second-order valence-electron chi connectivity index (χ2n) is 14.6. The average molecular weight is 702 g/mol. The Balaban J connectivity index is 1.77. The number of halogens is 2. The molecule has 0 spiro atoms. The zero-order valence-corrected chi connectivity index (χ0v) is 29.8. The van der Waals surface area contributed by atoms with Gasteiger partial charge < -0.3 is 30.3 Å². The first-order chi connectivity index (χ1) is 21.8. The van der Waals surface area contributed by atoms with Crippen LogP contribution in [0.2, 0.25) is 0 Å². The molecule has 0 bridgehead atoms. The van der Waals surface area contributed by atoms with Crippen molar-refractivity contribution < 1.29 is 38.2 Å². The average Bonchev–Trinajstić information content (AvgIpc) is 3.26. The summed E-state index contributed by atoms with van der Waals surface area (Å²) in [5.41, 5.74) is -1.48. The summed E-state index contributed by atoms with van der Waals surface area (Å²) in [6.07, 6.45) is 5.32. The first-order valence-electron chi connectivity index (χ1n) is 16.4. The number of alkyl halides is 2. The molecule has 14 heteroatoms. The number of rotatable bonds is 13. The normalized spacial score (nSPS) is 23.4. The lowest BCUT2D eigenvalue weighted by Gasteiger charge is -2.36. The molecule has 0 aromatic carbocycles. The van der Waals surface area contributed by atoms with Gasteiger partial charge in [0.15, 0.2) is 0 Å². The molecule has 3 fully saturated rings. The minimum atomic E-state index is -1.25. The van der Waals surface area contributed by atoms with Crippen molar-refractivity contribution in [1.82, 2.24) is 20.9 Å². The molecule has 2 aliphatic carbocycles. The molecule has 3 aliphatic rings. The van der Waals surface area contributed by atoms with Crippen molar-refractivity contribution in [3.05, 3.63) is 12.7 Å². The molecule has 5 atom stereocenters. The number of nitrogens with zero attached hydrogens (tertiary/aromatic N) is 1. The maximum absolute atomic E-state index is 14.2. The van der Waals surface area contributed by atoms with Gasteiger partial charge in [-0.1, -0.05) is 25.3 Å². The monoisotopic (exact) mass is 700 g/mol. The number of ether oxygens (including phenoxy) is 2. The Labute approximate surface area is 287 Å². The summed E-state index contributed by atoms with van der Waals surface area (Å²) < 4.78 is 9.43. The second-order valence-corrected chi connectivity index (χ2v) is 16.1. The van der Waals surface area contributed by atoms with Gasteiger partial charge in [0, 0.05) is 24.9 Å². The van der Waals surface area contributed by atoms with Gasteiger partial charge in [0.25, 0.3) is 5.91 Å². The molecule has 1 saturated heterocycles. The summed E-state index contributed by atoms with van der Waals surface area (Å²) in [5.74, 6) is -4.72. The second kappa shape index (κ2) is 15.6. The van der Waals surface area contributed by atoms with Crippen LogP contribution < -0.4 is 16.0 Å². The van der Waals surface area contributed by atoms with Gasteiger partial charge in [-0.25, -0.2) is 4.79 Å². The number of hydrogen-bond acceptors (Lipinski definition) is 8. The Morgan fingerprint density at radius 3 is 2.15 bits per heavy atom. The molecule has 0 aromatic rings. The summed E-state index contributed by atoms with van der Waals surface area (Å²) >= 11 is 13.1. The van der Waals surface area contributed by atoms with E-state index in [2.05, 4.69) is 22.5 Å². The standard InChI is InChI=1S/C33H50Cl2N4O8/c1-8-9-15-21(26(41)28(43)36-17-16-22(40)46-31(2,3)4)37-27(42)25-23-20(33(23,34)35)18-39(25)29(44)24(19-13-11-10-12-14-19)38-30(45)47-32(5,6)7/h8,19-21,23-25H,1,9-18H2,2-7H3,(H,36,43)(H,37,42)(H,38,45)/t20?,21?,23?,24-,25?/m0/s1. The number of Topliss-reactive ketones (excluding diaryl/α,β-unsaturated/α-hetero) is 1. The maximum atomic E-state index is 14.2. The maximum Gasteiger partial charge on any atom is 0.408 e. The topological polar surface area (TPSA) is 160 Å². The summed E-state index contributed by atoms with van der Waals surface area (Å²) in [6, 6.07) is -3.32. The molecule has 0 radical (unpaired) electrons. The molecule has 4 unspecified atom stereocenters. The van der Waals surface area contributed by atoms with Crippen LogP contribution in [0.4, 0.5) is 4.79 Å². The van der Waals surface area contributed by atoms with Crippen LogP contribution in [0, 0.1) is 17.8 Å². The molecule has 1 heterocycles. The van der Waals surface area contributed by atoms with Gasteiger partial charge in [-0.2, -0.15) is 0 Å². The highest BCUT2D eigenvalue weighted by Gasteiger charge is 2.74. The van der Waals surface area contributed by atoms with E-state index in [1.54, 1.807) is 47.6 Å². The number of piperidine rings is 1. The highest BCUT2D eigenvalue weighted by molar-refractivity contribution is 6.51. The molecule has 0 aromatic heterocycles. The van der Waals surface area contributed by atoms with Crippen molar-refractivity contribution in [3.63, 3.8) is 0 Å². The predicted molar refractivity (Wildman–Crippen MR) is 176 cm³/mol. The van der Waals surface area contributed by atoms with Crippen molar-refractivity contribution in [2.75, 3.05) is 13.1 Å². The molecule has 3 rings (SSSR count). The zero-order chi connectivity index (χ0) is 35.3. The summed E-state index contributed by atoms with van der Waals surface area (Å²) in [5, 5.41) is 7.85. The predicted octanol–water partition coefficient (Wildman–Crippen LogP) is 3.96. The van der Waals surface area contributed by atoms with E-state index in [0.717, 1.165) is 32.1 Å². The molecule has 3 N–H and O–H groups in total. The number of allylic oxidation sites excluding steroid dienone is 1. The highest BCUT2D eigenvalue weighted by Crippen LogP contribution is 2.65. The van der Waals surface area contributed by atoms with Crippen LogP contribution in [0.3, 0.4) is 0 Å². The number of esters is 1. The number of carbonyl (C=O) groups excluding carboxylic acids is 6. The molecule has 2 saturated carbocycles. The Morgan fingerprint density at radius 2 is 1.57 bits per heavy atom. The van der Waals surface area contributed by atoms with E-state index in [1.165, 1.54) is 4.90 Å². The molecule has 47 heavy (non-hydrogen) atoms. The van der Waals surface area contributed by atoms with Crippen molar-refractivity contribution in [2.24, 2.45) is 17.8 Å². The van der Waals surface area contributed by atoms with E-state index >= 15 is 0 Å². The Hall–Kier alpha value is -2.86. The number of ketones is 1. The van der Waals surface area contributed by atoms with Gasteiger partial charge in [0.1, 0.15) is 27.6 Å². The lowest BCUT2D eigenvalue weighted by molar-refractivity contribution is -0.154. The van der Waals surface area contributed by atoms with E-state index in [-0.39, 0.29) is 31.8 Å². The Kier molecular flexibility index (Phi) is 12.8. The Morgan fingerprint density at radius 1 is 0.957 bits per heavy atom. The highest BCUT2D eigenvalue weighted by atomic mass is 35.5. The Bertz CT molecular complexity index is 1220. The largest absolute Gasteiger partial charge is 0.460 e. The number of likely N-dealkylation sites (tertiary alicyclic amines) is 1. The minimum Gasteiger partial charge on any atom is -0.460 e. The smallest absolute Gasteiger partial charge is 0.408 e. The van der Waals surface area contributed by atoms with Crippen molar-refractivity contribution >= 4 is 58.8 Å². The number of carbonyl (C=O) groups is 6. The molecule has 4 amide bonds. The fraction of sp³-hybridized carbons (Fsp3) is 0.758. The van der Waals surface area contributed by atoms with Gasteiger partial charge in [-0.05, 0) is 73.1 Å². The fourth-order valence-corrected chi connectivity index (χ4v) is 7.15. The van der Waals surface area contributed by atoms with Crippen LogP contribution in [-0.4, -0.2) is 87.2 Å². The molecule has 1 aliphatic heterocycles. The van der Waals surface area contributed by atoms with Crippen LogP contribution in [-0.2, 0) is 33.4 Å². The quantitative estimate of drug-likeness (QED) is 0.113. The van der Waals surface area contributed by atoms with Crippen LogP contribution in [0.1, 0.15) is 92.9 Å². The summed E-state index contributed by atoms with van der Waals surface area (Å²) in [4.78, 5) is 80.4. The fourth-order valence-electron chi connectivity index (χ4n) is 6.32. The molecular weight excluding hydrogens is 651 g/mol. The number of alkyl carbamates (subject to hydrolysis) is 1. The third-order valence-corrected chi connectivity index (χ3v) is 9.56. The van der Waals surface area contributed by atoms with Gasteiger partial charge in [-0.15, -0.1) is 29.8 Å². The number of nitrogens with one attached hydrogen (secondary N) is 3. The van der Waals surface area contributed by atoms with E-state index in [4.69, 9.17) is 32.7 Å². The first kappa shape index (κ1) is 38.6. The van der Waals surface area contributed by atoms with Crippen molar-refractivity contribution in [3.8, 4) is 0 Å². The van der Waals surface area contributed by atoms with Gasteiger partial charge in [-0.3, -0.25) is 24.0 Å². The van der Waals surface area contributed by atoms with E-state index in [1.807, 2.05) is 0 Å². The summed E-state index contributed by atoms with van der Waals surface area (Å²) in [7, 11) is 0. The molecule has 264 valence electrons. The van der Waals surface area contributed by atoms with E-state index < -0.39 is 81.1 Å². The van der Waals surface area contributed by atoms with Gasteiger partial charge in [0.05, 0.1) is 12.5 Å². The van der Waals surface area contributed by atoms with E-state index in [0.29, 0.717) is 6.42 Å². The number of amides is 4. The number of hydrogen-bond donors (Lipinski definition) is 3. The minimum absolute atomic E-state index is 0.0696. The van der Waals surface area contributed by atoms with Crippen LogP contribution in [0.5, 0.6) is 0 Å². The van der Waals surface area contributed by atoms with Crippen LogP contribution in [0.25, 0.3) is 0 Å². The van der Waals surface area contributed by atoms with Crippen molar-refractivity contribution in [2.45, 2.75) is 127 Å². The molecular formula is C33H50Cl2N4O8. The third-order valence-electron chi connectivity index (χ3n) is 8.49. The number of fused-ring (bicyclic) bond motifs is 1.